The van der Waals surface area contributed by atoms with Crippen molar-refractivity contribution in [2.75, 3.05) is 26.0 Å². The summed E-state index contributed by atoms with van der Waals surface area (Å²) in [6.45, 7) is 0.863. The number of ether oxygens (including phenoxy) is 2. The number of carbonyl (C=O) groups is 2. The van der Waals surface area contributed by atoms with Crippen LogP contribution in [0.2, 0.25) is 0 Å². The van der Waals surface area contributed by atoms with Crippen LogP contribution in [0.4, 0.5) is 16.2 Å². The van der Waals surface area contributed by atoms with Crippen LogP contribution in [0.25, 0.3) is 0 Å². The van der Waals surface area contributed by atoms with Crippen LogP contribution < -0.4 is 20.1 Å². The molecule has 0 spiro atoms. The van der Waals surface area contributed by atoms with E-state index < -0.39 is 4.92 Å². The largest absolute Gasteiger partial charge is 0.494 e. The van der Waals surface area contributed by atoms with E-state index in [2.05, 4.69) is 15.6 Å². The lowest BCUT2D eigenvalue weighted by atomic mass is 10.00. The molecule has 1 aliphatic heterocycles. The summed E-state index contributed by atoms with van der Waals surface area (Å²) in [5.41, 5.74) is 2.49. The first-order chi connectivity index (χ1) is 16.9. The predicted molar refractivity (Wildman–Crippen MR) is 127 cm³/mol. The Kier molecular flexibility index (Phi) is 6.76. The number of carbonyl (C=O) groups excluding carboxylic acids is 2. The van der Waals surface area contributed by atoms with E-state index in [4.69, 9.17) is 9.47 Å². The fraction of sp³-hybridized carbons (Fsp3) is 0.208. The Morgan fingerprint density at radius 2 is 1.89 bits per heavy atom. The zero-order chi connectivity index (χ0) is 24.9. The van der Waals surface area contributed by atoms with Gasteiger partial charge in [0.25, 0.3) is 11.6 Å². The van der Waals surface area contributed by atoms with E-state index in [9.17, 15) is 19.7 Å². The highest BCUT2D eigenvalue weighted by molar-refractivity contribution is 5.92. The van der Waals surface area contributed by atoms with Gasteiger partial charge in [0.1, 0.15) is 22.9 Å². The first-order valence-electron chi connectivity index (χ1n) is 10.7. The zero-order valence-electron chi connectivity index (χ0n) is 19.1. The first kappa shape index (κ1) is 23.5. The van der Waals surface area contributed by atoms with Crippen molar-refractivity contribution in [3.63, 3.8) is 0 Å². The summed E-state index contributed by atoms with van der Waals surface area (Å²) < 4.78 is 11.1. The van der Waals surface area contributed by atoms with Gasteiger partial charge in [-0.1, -0.05) is 6.07 Å². The third-order valence-corrected chi connectivity index (χ3v) is 5.54. The number of nitro groups is 1. The van der Waals surface area contributed by atoms with Crippen LogP contribution in [0, 0.1) is 10.1 Å². The van der Waals surface area contributed by atoms with E-state index in [0.29, 0.717) is 36.7 Å². The Morgan fingerprint density at radius 1 is 1.09 bits per heavy atom. The van der Waals surface area contributed by atoms with Crippen molar-refractivity contribution in [1.82, 2.24) is 15.2 Å². The van der Waals surface area contributed by atoms with Crippen molar-refractivity contribution in [1.29, 1.82) is 0 Å². The zero-order valence-corrected chi connectivity index (χ0v) is 19.1. The number of benzene rings is 2. The monoisotopic (exact) mass is 477 g/mol. The highest BCUT2D eigenvalue weighted by Gasteiger charge is 2.23. The molecule has 180 valence electrons. The number of fused-ring (bicyclic) bond motifs is 1. The fourth-order valence-electron chi connectivity index (χ4n) is 3.72. The molecule has 2 N–H and O–H groups in total. The number of aromatic nitrogens is 1. The second-order valence-electron chi connectivity index (χ2n) is 7.73. The molecule has 0 fully saturated rings. The lowest BCUT2D eigenvalue weighted by Gasteiger charge is -2.29. The van der Waals surface area contributed by atoms with E-state index in [-0.39, 0.29) is 29.1 Å². The molecule has 0 saturated heterocycles. The molecule has 11 nitrogen and oxygen atoms in total. The van der Waals surface area contributed by atoms with E-state index in [1.54, 1.807) is 17.0 Å². The molecule has 3 amide bonds. The number of nitro benzene ring substituents is 1. The molecule has 4 rings (SSSR count). The molecular formula is C24H23N5O6. The second kappa shape index (κ2) is 10.1. The summed E-state index contributed by atoms with van der Waals surface area (Å²) in [6.07, 6.45) is 2.16. The van der Waals surface area contributed by atoms with E-state index in [1.807, 2.05) is 18.2 Å². The lowest BCUT2D eigenvalue weighted by Crippen LogP contribution is -2.38. The topological polar surface area (TPSA) is 136 Å². The molecule has 0 bridgehead atoms. The van der Waals surface area contributed by atoms with Crippen molar-refractivity contribution >= 4 is 23.3 Å². The molecule has 0 atom stereocenters. The second-order valence-corrected chi connectivity index (χ2v) is 7.73. The molecule has 3 aromatic rings. The van der Waals surface area contributed by atoms with Crippen LogP contribution in [0.15, 0.2) is 54.7 Å². The Morgan fingerprint density at radius 3 is 2.63 bits per heavy atom. The summed E-state index contributed by atoms with van der Waals surface area (Å²) in [6, 6.07) is 12.5. The van der Waals surface area contributed by atoms with Gasteiger partial charge in [0.15, 0.2) is 0 Å². The molecule has 2 aromatic carbocycles. The molecule has 1 aromatic heterocycles. The van der Waals surface area contributed by atoms with Gasteiger partial charge in [0.05, 0.1) is 23.8 Å². The summed E-state index contributed by atoms with van der Waals surface area (Å²) >= 11 is 0. The van der Waals surface area contributed by atoms with Gasteiger partial charge in [-0.3, -0.25) is 19.9 Å². The van der Waals surface area contributed by atoms with Gasteiger partial charge in [-0.05, 0) is 41.8 Å². The minimum atomic E-state index is -0.527. The van der Waals surface area contributed by atoms with Crippen molar-refractivity contribution < 1.29 is 24.0 Å². The Hall–Kier alpha value is -4.67. The van der Waals surface area contributed by atoms with Gasteiger partial charge in [-0.2, -0.15) is 0 Å². The van der Waals surface area contributed by atoms with Crippen molar-refractivity contribution in [3.8, 4) is 17.2 Å². The molecular weight excluding hydrogens is 454 g/mol. The number of anilines is 1. The standard InChI is InChI=1S/C24H23N5O6/c1-25-23(30)21-13-19(7-9-26-21)35-18-5-3-15-8-10-28(14-16(15)11-18)24(31)27-20-6-4-17(29(32)33)12-22(20)34-2/h3-7,9,11-13H,8,10,14H2,1-2H3,(H,25,30)(H,27,31). The lowest BCUT2D eigenvalue weighted by molar-refractivity contribution is -0.384. The molecule has 0 unspecified atom stereocenters. The minimum absolute atomic E-state index is 0.129. The van der Waals surface area contributed by atoms with E-state index in [0.717, 1.165) is 11.1 Å². The quantitative estimate of drug-likeness (QED) is 0.408. The molecule has 0 aliphatic carbocycles. The summed E-state index contributed by atoms with van der Waals surface area (Å²) in [5.74, 6) is 0.924. The van der Waals surface area contributed by atoms with Crippen LogP contribution in [0.1, 0.15) is 21.6 Å². The smallest absolute Gasteiger partial charge is 0.322 e. The predicted octanol–water partition coefficient (Wildman–Crippen LogP) is 3.74. The normalized spacial score (nSPS) is 12.3. The molecule has 1 aliphatic rings. The number of pyridine rings is 1. The number of amides is 3. The van der Waals surface area contributed by atoms with Crippen LogP contribution in [0.5, 0.6) is 17.2 Å². The average Bonchev–Trinajstić information content (AvgIpc) is 2.88. The maximum Gasteiger partial charge on any atom is 0.322 e. The Balaban J connectivity index is 1.47. The fourth-order valence-corrected chi connectivity index (χ4v) is 3.72. The van der Waals surface area contributed by atoms with Crippen molar-refractivity contribution in [2.24, 2.45) is 0 Å². The number of hydrogen-bond donors (Lipinski definition) is 2. The van der Waals surface area contributed by atoms with Crippen molar-refractivity contribution in [3.05, 3.63) is 81.7 Å². The Labute approximate surface area is 200 Å². The van der Waals surface area contributed by atoms with Gasteiger partial charge in [0, 0.05) is 38.5 Å². The SMILES string of the molecule is CNC(=O)c1cc(Oc2ccc3c(c2)CN(C(=O)Nc2ccc([N+](=O)[O-])cc2OC)CC3)ccn1. The maximum atomic E-state index is 12.9. The van der Waals surface area contributed by atoms with Crippen LogP contribution in [-0.2, 0) is 13.0 Å². The number of nitrogens with one attached hydrogen (secondary N) is 2. The molecule has 11 heteroatoms. The number of urea groups is 1. The molecule has 0 saturated carbocycles. The highest BCUT2D eigenvalue weighted by atomic mass is 16.6. The van der Waals surface area contributed by atoms with Gasteiger partial charge in [-0.15, -0.1) is 0 Å². The number of non-ortho nitro benzene ring substituents is 1. The molecule has 2 heterocycles. The van der Waals surface area contributed by atoms with Crippen LogP contribution in [-0.4, -0.2) is 47.4 Å². The van der Waals surface area contributed by atoms with Gasteiger partial charge in [0.2, 0.25) is 0 Å². The maximum absolute atomic E-state index is 12.9. The van der Waals surface area contributed by atoms with Crippen molar-refractivity contribution in [2.45, 2.75) is 13.0 Å². The summed E-state index contributed by atoms with van der Waals surface area (Å²) in [5, 5.41) is 16.3. The Bertz CT molecular complexity index is 1300. The number of rotatable bonds is 6. The van der Waals surface area contributed by atoms with E-state index >= 15 is 0 Å². The van der Waals surface area contributed by atoms with Crippen LogP contribution in [0.3, 0.4) is 0 Å². The summed E-state index contributed by atoms with van der Waals surface area (Å²) in [7, 11) is 2.91. The average molecular weight is 477 g/mol. The first-order valence-corrected chi connectivity index (χ1v) is 10.7. The summed E-state index contributed by atoms with van der Waals surface area (Å²) in [4.78, 5) is 40.9. The third kappa shape index (κ3) is 5.29. The van der Waals surface area contributed by atoms with Gasteiger partial charge in [-0.25, -0.2) is 4.79 Å². The highest BCUT2D eigenvalue weighted by Crippen LogP contribution is 2.31. The molecule has 0 radical (unpaired) electrons. The number of hydrogen-bond acceptors (Lipinski definition) is 7. The number of nitrogens with zero attached hydrogens (tertiary/aromatic N) is 3. The minimum Gasteiger partial charge on any atom is -0.494 e. The van der Waals surface area contributed by atoms with Crippen LogP contribution >= 0.6 is 0 Å². The van der Waals surface area contributed by atoms with E-state index in [1.165, 1.54) is 38.6 Å². The number of methoxy groups -OCH3 is 1. The van der Waals surface area contributed by atoms with Gasteiger partial charge < -0.3 is 25.0 Å². The van der Waals surface area contributed by atoms with Gasteiger partial charge >= 0.3 is 6.03 Å². The third-order valence-electron chi connectivity index (χ3n) is 5.54. The molecule has 35 heavy (non-hydrogen) atoms.